The van der Waals surface area contributed by atoms with E-state index in [1.165, 1.54) is 16.5 Å². The third kappa shape index (κ3) is 2.76. The van der Waals surface area contributed by atoms with E-state index in [1.807, 2.05) is 24.3 Å². The van der Waals surface area contributed by atoms with Crippen LogP contribution in [0, 0.1) is 6.92 Å². The van der Waals surface area contributed by atoms with Crippen LogP contribution in [0.5, 0.6) is 0 Å². The van der Waals surface area contributed by atoms with Gasteiger partial charge in [0.15, 0.2) is 5.65 Å². The molecule has 0 saturated carbocycles. The Bertz CT molecular complexity index is 1040. The van der Waals surface area contributed by atoms with Crippen LogP contribution in [0.3, 0.4) is 0 Å². The van der Waals surface area contributed by atoms with E-state index in [1.54, 1.807) is 4.90 Å². The Kier molecular flexibility index (Phi) is 4.14. The van der Waals surface area contributed by atoms with Crippen LogP contribution in [0.15, 0.2) is 42.5 Å². The van der Waals surface area contributed by atoms with E-state index in [9.17, 15) is 0 Å². The van der Waals surface area contributed by atoms with Gasteiger partial charge in [0.05, 0.1) is 42.7 Å². The molecular weight excluding hydrogens is 308 g/mol. The zero-order chi connectivity index (χ0) is 17.4. The highest BCUT2D eigenvalue weighted by Crippen LogP contribution is 2.28. The van der Waals surface area contributed by atoms with Crippen molar-refractivity contribution in [2.45, 2.75) is 27.3 Å². The monoisotopic (exact) mass is 333 g/mol. The topological polar surface area (TPSA) is 35.2 Å². The standard InChI is InChI=1S/C21H24N4/c1-4-24(5-2)12-13-25-19-11-10-15(3)14-16(19)20-21(25)23-18-9-7-6-8-17(18)22-20/h6-11,14H,4-5,12-13H2,1-3H3/p+1. The van der Waals surface area contributed by atoms with Gasteiger partial charge in [-0.3, -0.25) is 0 Å². The molecule has 0 aliphatic carbocycles. The van der Waals surface area contributed by atoms with Crippen LogP contribution in [0.1, 0.15) is 19.4 Å². The van der Waals surface area contributed by atoms with Crippen LogP contribution in [0.4, 0.5) is 0 Å². The summed E-state index contributed by atoms with van der Waals surface area (Å²) < 4.78 is 2.36. The zero-order valence-electron chi connectivity index (χ0n) is 15.2. The van der Waals surface area contributed by atoms with Gasteiger partial charge in [-0.15, -0.1) is 0 Å². The van der Waals surface area contributed by atoms with Gasteiger partial charge >= 0.3 is 0 Å². The van der Waals surface area contributed by atoms with Crippen LogP contribution in [0.25, 0.3) is 33.1 Å². The summed E-state index contributed by atoms with van der Waals surface area (Å²) in [5.74, 6) is 0. The predicted molar refractivity (Wildman–Crippen MR) is 104 cm³/mol. The summed E-state index contributed by atoms with van der Waals surface area (Å²) in [7, 11) is 0. The number of fused-ring (bicyclic) bond motifs is 4. The molecule has 0 bridgehead atoms. The fourth-order valence-electron chi connectivity index (χ4n) is 3.65. The summed E-state index contributed by atoms with van der Waals surface area (Å²) in [4.78, 5) is 11.5. The maximum atomic E-state index is 4.97. The first kappa shape index (κ1) is 16.0. The molecule has 0 fully saturated rings. The molecule has 0 unspecified atom stereocenters. The average molecular weight is 333 g/mol. The van der Waals surface area contributed by atoms with Gasteiger partial charge in [-0.05, 0) is 45.0 Å². The number of likely N-dealkylation sites (N-methyl/N-ethyl adjacent to an activating group) is 1. The molecule has 128 valence electrons. The number of nitrogens with one attached hydrogen (secondary N) is 1. The Labute approximate surface area is 148 Å². The van der Waals surface area contributed by atoms with Crippen molar-refractivity contribution < 1.29 is 4.90 Å². The van der Waals surface area contributed by atoms with Crippen molar-refractivity contribution in [2.75, 3.05) is 19.6 Å². The second kappa shape index (κ2) is 6.45. The summed E-state index contributed by atoms with van der Waals surface area (Å²) >= 11 is 0. The summed E-state index contributed by atoms with van der Waals surface area (Å²) in [5.41, 5.74) is 6.45. The molecule has 0 amide bonds. The Morgan fingerprint density at radius 3 is 2.40 bits per heavy atom. The number of aromatic nitrogens is 3. The Morgan fingerprint density at radius 2 is 1.68 bits per heavy atom. The third-order valence-corrected chi connectivity index (χ3v) is 5.19. The van der Waals surface area contributed by atoms with Crippen LogP contribution in [-0.2, 0) is 6.54 Å². The second-order valence-electron chi connectivity index (χ2n) is 6.76. The minimum atomic E-state index is 0.963. The van der Waals surface area contributed by atoms with Gasteiger partial charge in [0.1, 0.15) is 5.52 Å². The van der Waals surface area contributed by atoms with Crippen molar-refractivity contribution >= 4 is 33.1 Å². The van der Waals surface area contributed by atoms with Gasteiger partial charge < -0.3 is 9.47 Å². The maximum Gasteiger partial charge on any atom is 0.160 e. The van der Waals surface area contributed by atoms with E-state index in [0.717, 1.165) is 48.4 Å². The van der Waals surface area contributed by atoms with Crippen LogP contribution in [0.2, 0.25) is 0 Å². The van der Waals surface area contributed by atoms with Gasteiger partial charge in [-0.2, -0.15) is 0 Å². The van der Waals surface area contributed by atoms with Crippen LogP contribution < -0.4 is 4.90 Å². The molecular formula is C21H25N4+. The molecule has 0 aliphatic rings. The summed E-state index contributed by atoms with van der Waals surface area (Å²) in [5, 5.41) is 1.21. The molecule has 4 nitrogen and oxygen atoms in total. The molecule has 2 aromatic carbocycles. The van der Waals surface area contributed by atoms with E-state index < -0.39 is 0 Å². The average Bonchev–Trinajstić information content (AvgIpc) is 2.93. The zero-order valence-corrected chi connectivity index (χ0v) is 15.2. The maximum absolute atomic E-state index is 4.97. The molecule has 0 radical (unpaired) electrons. The number of aryl methyl sites for hydroxylation is 1. The van der Waals surface area contributed by atoms with Crippen LogP contribution in [-0.4, -0.2) is 34.2 Å². The number of quaternary nitrogens is 1. The lowest BCUT2D eigenvalue weighted by atomic mass is 10.1. The fourth-order valence-corrected chi connectivity index (χ4v) is 3.65. The van der Waals surface area contributed by atoms with Crippen molar-refractivity contribution in [1.29, 1.82) is 0 Å². The lowest BCUT2D eigenvalue weighted by Crippen LogP contribution is -3.11. The summed E-state index contributed by atoms with van der Waals surface area (Å²) in [6.07, 6.45) is 0. The molecule has 4 heteroatoms. The largest absolute Gasteiger partial charge is 0.334 e. The van der Waals surface area contributed by atoms with Gasteiger partial charge in [-0.1, -0.05) is 23.8 Å². The first-order chi connectivity index (χ1) is 12.2. The Hall–Kier alpha value is -2.46. The molecule has 0 aliphatic heterocycles. The molecule has 25 heavy (non-hydrogen) atoms. The van der Waals surface area contributed by atoms with E-state index in [-0.39, 0.29) is 0 Å². The van der Waals surface area contributed by atoms with Crippen LogP contribution >= 0.6 is 0 Å². The fraction of sp³-hybridized carbons (Fsp3) is 0.333. The highest BCUT2D eigenvalue weighted by Gasteiger charge is 2.15. The number of benzene rings is 2. The van der Waals surface area contributed by atoms with E-state index in [2.05, 4.69) is 43.5 Å². The lowest BCUT2D eigenvalue weighted by Gasteiger charge is -2.16. The van der Waals surface area contributed by atoms with Gasteiger partial charge in [0.2, 0.25) is 0 Å². The van der Waals surface area contributed by atoms with Gasteiger partial charge in [0, 0.05) is 5.39 Å². The molecule has 0 atom stereocenters. The quantitative estimate of drug-likeness (QED) is 0.609. The summed E-state index contributed by atoms with van der Waals surface area (Å²) in [6.45, 7) is 11.0. The second-order valence-corrected chi connectivity index (χ2v) is 6.76. The Morgan fingerprint density at radius 1 is 0.960 bits per heavy atom. The highest BCUT2D eigenvalue weighted by atomic mass is 15.2. The van der Waals surface area contributed by atoms with Crippen molar-refractivity contribution in [2.24, 2.45) is 0 Å². The van der Waals surface area contributed by atoms with Crippen molar-refractivity contribution in [3.63, 3.8) is 0 Å². The van der Waals surface area contributed by atoms with E-state index in [0.29, 0.717) is 0 Å². The molecule has 1 N–H and O–H groups in total. The normalized spacial score (nSPS) is 12.0. The number of nitrogens with zero attached hydrogens (tertiary/aromatic N) is 3. The number of hydrogen-bond donors (Lipinski definition) is 1. The molecule has 4 aromatic rings. The molecule has 2 aromatic heterocycles. The molecule has 4 rings (SSSR count). The minimum Gasteiger partial charge on any atom is -0.334 e. The number of para-hydroxylation sites is 2. The first-order valence-electron chi connectivity index (χ1n) is 9.20. The van der Waals surface area contributed by atoms with Gasteiger partial charge in [-0.25, -0.2) is 9.97 Å². The SMILES string of the molecule is CC[NH+](CC)CCn1c2ccc(C)cc2c2nc3ccccc3nc21. The molecule has 0 saturated heterocycles. The van der Waals surface area contributed by atoms with Crippen molar-refractivity contribution in [3.8, 4) is 0 Å². The lowest BCUT2D eigenvalue weighted by molar-refractivity contribution is -0.897. The summed E-state index contributed by atoms with van der Waals surface area (Å²) in [6, 6.07) is 14.8. The number of hydrogen-bond acceptors (Lipinski definition) is 2. The van der Waals surface area contributed by atoms with Gasteiger partial charge in [0.25, 0.3) is 0 Å². The highest BCUT2D eigenvalue weighted by molar-refractivity contribution is 6.06. The number of rotatable bonds is 5. The molecule has 0 spiro atoms. The predicted octanol–water partition coefficient (Wildman–Crippen LogP) is 2.97. The smallest absolute Gasteiger partial charge is 0.160 e. The van der Waals surface area contributed by atoms with E-state index in [4.69, 9.17) is 9.97 Å². The molecule has 2 heterocycles. The van der Waals surface area contributed by atoms with Crippen molar-refractivity contribution in [1.82, 2.24) is 14.5 Å². The van der Waals surface area contributed by atoms with E-state index >= 15 is 0 Å². The third-order valence-electron chi connectivity index (χ3n) is 5.19. The Balaban J connectivity index is 1.95. The van der Waals surface area contributed by atoms with Crippen molar-refractivity contribution in [3.05, 3.63) is 48.0 Å². The first-order valence-corrected chi connectivity index (χ1v) is 9.20. The minimum absolute atomic E-state index is 0.963.